The van der Waals surface area contributed by atoms with E-state index in [4.69, 9.17) is 4.42 Å². The zero-order valence-electron chi connectivity index (χ0n) is 10.2. The van der Waals surface area contributed by atoms with Gasteiger partial charge in [-0.1, -0.05) is 0 Å². The lowest BCUT2D eigenvalue weighted by atomic mass is 10.4. The number of aromatic amines is 1. The summed E-state index contributed by atoms with van der Waals surface area (Å²) in [7, 11) is 0. The number of nitrogens with one attached hydrogen (secondary N) is 2. The molecule has 6 nitrogen and oxygen atoms in total. The fourth-order valence-corrected chi connectivity index (χ4v) is 2.58. The first-order chi connectivity index (χ1) is 9.61. The van der Waals surface area contributed by atoms with Gasteiger partial charge in [0.05, 0.1) is 22.7 Å². The van der Waals surface area contributed by atoms with E-state index in [1.165, 1.54) is 0 Å². The van der Waals surface area contributed by atoms with Crippen LogP contribution in [0.1, 0.15) is 10.5 Å². The van der Waals surface area contributed by atoms with Crippen LogP contribution in [0, 0.1) is 0 Å². The highest BCUT2D eigenvalue weighted by atomic mass is 79.9. The van der Waals surface area contributed by atoms with Crippen LogP contribution in [0.5, 0.6) is 0 Å². The van der Waals surface area contributed by atoms with Gasteiger partial charge in [0.25, 0.3) is 5.91 Å². The van der Waals surface area contributed by atoms with Gasteiger partial charge in [0.2, 0.25) is 0 Å². The summed E-state index contributed by atoms with van der Waals surface area (Å²) in [6.07, 6.45) is 3.56. The Bertz CT molecular complexity index is 727. The lowest BCUT2D eigenvalue weighted by molar-refractivity contribution is 0.0947. The summed E-state index contributed by atoms with van der Waals surface area (Å²) in [6.45, 7) is 1.11. The second-order valence-corrected chi connectivity index (χ2v) is 5.89. The van der Waals surface area contributed by atoms with Gasteiger partial charge in [0.1, 0.15) is 5.69 Å². The molecule has 0 bridgehead atoms. The Hall–Kier alpha value is -1.54. The first-order valence-electron chi connectivity index (χ1n) is 5.86. The van der Waals surface area contributed by atoms with Crippen molar-refractivity contribution in [2.75, 3.05) is 6.54 Å². The molecule has 0 aliphatic rings. The lowest BCUT2D eigenvalue weighted by Crippen LogP contribution is -2.27. The molecular formula is C12H10Br2N4O2. The van der Waals surface area contributed by atoms with Gasteiger partial charge in [-0.2, -0.15) is 5.10 Å². The van der Waals surface area contributed by atoms with E-state index in [9.17, 15) is 4.79 Å². The zero-order chi connectivity index (χ0) is 14.1. The summed E-state index contributed by atoms with van der Waals surface area (Å²) in [5.74, 6) is -0.168. The summed E-state index contributed by atoms with van der Waals surface area (Å²) in [6, 6.07) is 3.47. The van der Waals surface area contributed by atoms with Crippen LogP contribution in [-0.4, -0.2) is 27.2 Å². The highest BCUT2D eigenvalue weighted by Gasteiger charge is 2.12. The first-order valence-corrected chi connectivity index (χ1v) is 7.44. The summed E-state index contributed by atoms with van der Waals surface area (Å²) in [5, 5.41) is 6.93. The van der Waals surface area contributed by atoms with Gasteiger partial charge in [0, 0.05) is 24.9 Å². The summed E-state index contributed by atoms with van der Waals surface area (Å²) in [4.78, 5) is 15.0. The average Bonchev–Trinajstić information content (AvgIpc) is 3.03. The number of hydrogen-bond donors (Lipinski definition) is 2. The average molecular weight is 402 g/mol. The highest BCUT2D eigenvalue weighted by molar-refractivity contribution is 9.10. The van der Waals surface area contributed by atoms with Gasteiger partial charge >= 0.3 is 0 Å². The molecule has 0 saturated heterocycles. The smallest absolute Gasteiger partial charge is 0.267 e. The third-order valence-electron chi connectivity index (χ3n) is 2.75. The first kappa shape index (κ1) is 13.4. The maximum atomic E-state index is 12.0. The third kappa shape index (κ3) is 2.80. The maximum Gasteiger partial charge on any atom is 0.267 e. The number of amides is 1. The minimum absolute atomic E-state index is 0.168. The standard InChI is InChI=1S/C12H10Br2N4O2/c13-7-5-16-18(6-7)2-1-15-12(19)9-3-10-8(17-9)4-11(14)20-10/h3-6,17H,1-2H2,(H,15,19). The van der Waals surface area contributed by atoms with Gasteiger partial charge in [-0.3, -0.25) is 9.48 Å². The Kier molecular flexibility index (Phi) is 3.66. The number of aromatic nitrogens is 3. The predicted molar refractivity (Wildman–Crippen MR) is 80.5 cm³/mol. The Balaban J connectivity index is 1.59. The third-order valence-corrected chi connectivity index (χ3v) is 3.55. The number of halogens is 2. The number of nitrogens with zero attached hydrogens (tertiary/aromatic N) is 2. The molecular weight excluding hydrogens is 392 g/mol. The van der Waals surface area contributed by atoms with E-state index in [0.717, 1.165) is 9.99 Å². The van der Waals surface area contributed by atoms with Crippen molar-refractivity contribution in [1.29, 1.82) is 0 Å². The fraction of sp³-hybridized carbons (Fsp3) is 0.167. The molecule has 3 rings (SSSR count). The molecule has 0 fully saturated rings. The molecule has 0 saturated carbocycles. The van der Waals surface area contributed by atoms with Crippen molar-refractivity contribution in [1.82, 2.24) is 20.1 Å². The Morgan fingerprint density at radius 3 is 3.00 bits per heavy atom. The normalized spacial score (nSPS) is 11.1. The van der Waals surface area contributed by atoms with Crippen LogP contribution in [0.4, 0.5) is 0 Å². The van der Waals surface area contributed by atoms with Crippen molar-refractivity contribution in [3.8, 4) is 0 Å². The SMILES string of the molecule is O=C(NCCn1cc(Br)cn1)c1cc2oc(Br)cc2[nH]1. The van der Waals surface area contributed by atoms with E-state index in [1.807, 2.05) is 6.20 Å². The monoisotopic (exact) mass is 400 g/mol. The number of carbonyl (C=O) groups excluding carboxylic acids is 1. The minimum atomic E-state index is -0.168. The highest BCUT2D eigenvalue weighted by Crippen LogP contribution is 2.23. The fourth-order valence-electron chi connectivity index (χ4n) is 1.85. The summed E-state index contributed by atoms with van der Waals surface area (Å²) in [5.41, 5.74) is 1.92. The number of H-pyrrole nitrogens is 1. The van der Waals surface area contributed by atoms with Gasteiger partial charge in [0.15, 0.2) is 10.3 Å². The molecule has 3 aromatic rings. The molecule has 0 aromatic carbocycles. The van der Waals surface area contributed by atoms with E-state index in [2.05, 4.69) is 47.3 Å². The van der Waals surface area contributed by atoms with Crippen molar-refractivity contribution >= 4 is 48.9 Å². The molecule has 1 amide bonds. The second kappa shape index (κ2) is 5.45. The van der Waals surface area contributed by atoms with E-state index in [-0.39, 0.29) is 5.91 Å². The van der Waals surface area contributed by atoms with Crippen LogP contribution in [0.25, 0.3) is 11.1 Å². The summed E-state index contributed by atoms with van der Waals surface area (Å²) < 4.78 is 8.66. The van der Waals surface area contributed by atoms with Crippen LogP contribution in [0.2, 0.25) is 0 Å². The van der Waals surface area contributed by atoms with Crippen LogP contribution in [0.3, 0.4) is 0 Å². The molecule has 0 aliphatic heterocycles. The molecule has 3 aromatic heterocycles. The van der Waals surface area contributed by atoms with Crippen molar-refractivity contribution < 1.29 is 9.21 Å². The van der Waals surface area contributed by atoms with E-state index in [1.54, 1.807) is 23.0 Å². The molecule has 0 atom stereocenters. The number of hydrogen-bond acceptors (Lipinski definition) is 3. The zero-order valence-corrected chi connectivity index (χ0v) is 13.4. The number of fused-ring (bicyclic) bond motifs is 1. The Morgan fingerprint density at radius 2 is 2.30 bits per heavy atom. The largest absolute Gasteiger partial charge is 0.448 e. The second-order valence-electron chi connectivity index (χ2n) is 4.19. The molecule has 8 heteroatoms. The van der Waals surface area contributed by atoms with Crippen LogP contribution in [0.15, 0.2) is 38.1 Å². The minimum Gasteiger partial charge on any atom is -0.448 e. The van der Waals surface area contributed by atoms with E-state index in [0.29, 0.717) is 29.0 Å². The van der Waals surface area contributed by atoms with Gasteiger partial charge in [-0.25, -0.2) is 0 Å². The van der Waals surface area contributed by atoms with Gasteiger partial charge < -0.3 is 14.7 Å². The molecule has 3 heterocycles. The van der Waals surface area contributed by atoms with Crippen molar-refractivity contribution in [2.24, 2.45) is 0 Å². The van der Waals surface area contributed by atoms with Crippen molar-refractivity contribution in [3.63, 3.8) is 0 Å². The van der Waals surface area contributed by atoms with Crippen LogP contribution in [-0.2, 0) is 6.54 Å². The Labute approximate surface area is 130 Å². The van der Waals surface area contributed by atoms with Crippen LogP contribution >= 0.6 is 31.9 Å². The van der Waals surface area contributed by atoms with E-state index < -0.39 is 0 Å². The van der Waals surface area contributed by atoms with E-state index >= 15 is 0 Å². The van der Waals surface area contributed by atoms with Crippen molar-refractivity contribution in [2.45, 2.75) is 6.54 Å². The molecule has 0 unspecified atom stereocenters. The quantitative estimate of drug-likeness (QED) is 0.705. The number of carbonyl (C=O) groups is 1. The predicted octanol–water partition coefficient (Wildman–Crippen LogP) is 2.91. The maximum absolute atomic E-state index is 12.0. The van der Waals surface area contributed by atoms with Gasteiger partial charge in [-0.15, -0.1) is 0 Å². The Morgan fingerprint density at radius 1 is 1.45 bits per heavy atom. The molecule has 0 aliphatic carbocycles. The molecule has 2 N–H and O–H groups in total. The molecule has 104 valence electrons. The molecule has 0 spiro atoms. The number of furan rings is 1. The van der Waals surface area contributed by atoms with Crippen molar-refractivity contribution in [3.05, 3.63) is 39.4 Å². The summed E-state index contributed by atoms with van der Waals surface area (Å²) >= 11 is 6.56. The van der Waals surface area contributed by atoms with Gasteiger partial charge in [-0.05, 0) is 31.9 Å². The van der Waals surface area contributed by atoms with Crippen LogP contribution < -0.4 is 5.32 Å². The molecule has 0 radical (unpaired) electrons. The number of rotatable bonds is 4. The lowest BCUT2D eigenvalue weighted by Gasteiger charge is -2.03. The molecule has 20 heavy (non-hydrogen) atoms. The topological polar surface area (TPSA) is 75.8 Å².